The highest BCUT2D eigenvalue weighted by atomic mass is 16.1. The van der Waals surface area contributed by atoms with Crippen molar-refractivity contribution in [2.45, 2.75) is 25.8 Å². The van der Waals surface area contributed by atoms with Crippen LogP contribution in [0.25, 0.3) is 6.08 Å². The molecule has 2 heterocycles. The fraction of sp³-hybridized carbons (Fsp3) is 0.333. The monoisotopic (exact) mass is 468 g/mol. The molecule has 0 radical (unpaired) electrons. The summed E-state index contributed by atoms with van der Waals surface area (Å²) in [5.41, 5.74) is 4.62. The number of nitrogens with zero attached hydrogens (tertiary/aromatic N) is 3. The number of aryl methyl sites for hydroxylation is 1. The molecule has 4 rings (SSSR count). The molecule has 2 aromatic carbocycles. The Morgan fingerprint density at radius 1 is 0.914 bits per heavy atom. The van der Waals surface area contributed by atoms with E-state index < -0.39 is 0 Å². The second-order valence-electron chi connectivity index (χ2n) is 9.17. The molecule has 1 amide bonds. The normalized spacial score (nSPS) is 15.0. The molecule has 0 aliphatic carbocycles. The minimum Gasteiger partial charge on any atom is -0.353 e. The van der Waals surface area contributed by atoms with Gasteiger partial charge < -0.3 is 10.2 Å². The summed E-state index contributed by atoms with van der Waals surface area (Å²) in [6.07, 6.45) is 7.25. The van der Waals surface area contributed by atoms with Crippen molar-refractivity contribution >= 4 is 12.0 Å². The summed E-state index contributed by atoms with van der Waals surface area (Å²) in [6, 6.07) is 25.9. The molecule has 182 valence electrons. The van der Waals surface area contributed by atoms with E-state index in [9.17, 15) is 4.79 Å². The molecule has 1 aliphatic rings. The molecule has 35 heavy (non-hydrogen) atoms. The molecule has 1 saturated heterocycles. The molecule has 0 unspecified atom stereocenters. The molecule has 1 aliphatic heterocycles. The largest absolute Gasteiger partial charge is 0.353 e. The van der Waals surface area contributed by atoms with Gasteiger partial charge in [-0.05, 0) is 55.1 Å². The SMILES string of the molecule is Cc1ccc(C=CC(=O)NCCCCN2CCN(C(c3ccccc3)c3ccccc3)CC2)cn1. The average Bonchev–Trinajstić information content (AvgIpc) is 2.90. The number of hydrogen-bond acceptors (Lipinski definition) is 4. The Kier molecular flexibility index (Phi) is 9.21. The zero-order chi connectivity index (χ0) is 24.3. The van der Waals surface area contributed by atoms with Crippen molar-refractivity contribution in [1.29, 1.82) is 0 Å². The number of rotatable bonds is 10. The summed E-state index contributed by atoms with van der Waals surface area (Å²) in [5.74, 6) is -0.0490. The van der Waals surface area contributed by atoms with Gasteiger partial charge in [-0.1, -0.05) is 66.7 Å². The first-order chi connectivity index (χ1) is 17.2. The van der Waals surface area contributed by atoms with Gasteiger partial charge in [-0.3, -0.25) is 14.7 Å². The van der Waals surface area contributed by atoms with E-state index in [1.165, 1.54) is 11.1 Å². The molecule has 3 aromatic rings. The predicted octanol–water partition coefficient (Wildman–Crippen LogP) is 4.71. The molecule has 1 aromatic heterocycles. The van der Waals surface area contributed by atoms with Crippen molar-refractivity contribution in [3.63, 3.8) is 0 Å². The fourth-order valence-corrected chi connectivity index (χ4v) is 4.61. The standard InChI is InChI=1S/C30H36N4O/c1-25-14-15-26(24-32-25)16-17-29(35)31-18-8-9-19-33-20-22-34(23-21-33)30(27-10-4-2-5-11-27)28-12-6-3-7-13-28/h2-7,10-17,24,30H,8-9,18-23H2,1H3,(H,31,35). The van der Waals surface area contributed by atoms with Crippen LogP contribution in [0.3, 0.4) is 0 Å². The molecule has 5 heteroatoms. The van der Waals surface area contributed by atoms with Crippen LogP contribution in [0.2, 0.25) is 0 Å². The van der Waals surface area contributed by atoms with Crippen molar-refractivity contribution in [3.8, 4) is 0 Å². The fourth-order valence-electron chi connectivity index (χ4n) is 4.61. The smallest absolute Gasteiger partial charge is 0.243 e. The number of benzene rings is 2. The van der Waals surface area contributed by atoms with Gasteiger partial charge in [0.15, 0.2) is 0 Å². The molecular formula is C30H36N4O. The third-order valence-electron chi connectivity index (χ3n) is 6.56. The van der Waals surface area contributed by atoms with Gasteiger partial charge in [0, 0.05) is 50.7 Å². The van der Waals surface area contributed by atoms with Gasteiger partial charge in [-0.25, -0.2) is 0 Å². The number of hydrogen-bond donors (Lipinski definition) is 1. The molecule has 0 saturated carbocycles. The van der Waals surface area contributed by atoms with Crippen molar-refractivity contribution in [2.75, 3.05) is 39.3 Å². The molecule has 5 nitrogen and oxygen atoms in total. The first kappa shape index (κ1) is 24.8. The summed E-state index contributed by atoms with van der Waals surface area (Å²) in [7, 11) is 0. The Hall–Kier alpha value is -3.28. The van der Waals surface area contributed by atoms with Crippen LogP contribution in [0.5, 0.6) is 0 Å². The molecule has 0 spiro atoms. The van der Waals surface area contributed by atoms with Crippen molar-refractivity contribution in [3.05, 3.63) is 107 Å². The molecule has 1 N–H and O–H groups in total. The maximum Gasteiger partial charge on any atom is 0.243 e. The van der Waals surface area contributed by atoms with Gasteiger partial charge in [0.05, 0.1) is 6.04 Å². The van der Waals surface area contributed by atoms with E-state index in [1.54, 1.807) is 18.3 Å². The Morgan fingerprint density at radius 2 is 1.57 bits per heavy atom. The Bertz CT molecular complexity index is 1020. The van der Waals surface area contributed by atoms with E-state index in [0.717, 1.165) is 56.8 Å². The lowest BCUT2D eigenvalue weighted by molar-refractivity contribution is -0.116. The predicted molar refractivity (Wildman–Crippen MR) is 143 cm³/mol. The van der Waals surface area contributed by atoms with Crippen LogP contribution in [0.1, 0.15) is 41.3 Å². The Balaban J connectivity index is 1.17. The van der Waals surface area contributed by atoms with Crippen molar-refractivity contribution in [1.82, 2.24) is 20.1 Å². The third kappa shape index (κ3) is 7.61. The highest BCUT2D eigenvalue weighted by Crippen LogP contribution is 2.29. The second-order valence-corrected chi connectivity index (χ2v) is 9.17. The average molecular weight is 469 g/mol. The summed E-state index contributed by atoms with van der Waals surface area (Å²) in [6.45, 7) is 8.01. The van der Waals surface area contributed by atoms with E-state index in [2.05, 4.69) is 80.8 Å². The zero-order valence-electron chi connectivity index (χ0n) is 20.6. The molecular weight excluding hydrogens is 432 g/mol. The highest BCUT2D eigenvalue weighted by Gasteiger charge is 2.26. The highest BCUT2D eigenvalue weighted by molar-refractivity contribution is 5.91. The first-order valence-electron chi connectivity index (χ1n) is 12.6. The number of carbonyl (C=O) groups is 1. The Morgan fingerprint density at radius 3 is 2.17 bits per heavy atom. The molecule has 0 atom stereocenters. The molecule has 0 bridgehead atoms. The van der Waals surface area contributed by atoms with Gasteiger partial charge in [0.2, 0.25) is 5.91 Å². The summed E-state index contributed by atoms with van der Waals surface area (Å²) in [4.78, 5) is 21.4. The van der Waals surface area contributed by atoms with E-state index in [4.69, 9.17) is 0 Å². The van der Waals surface area contributed by atoms with Crippen LogP contribution in [0.15, 0.2) is 85.1 Å². The number of piperazine rings is 1. The van der Waals surface area contributed by atoms with Gasteiger partial charge in [0.25, 0.3) is 0 Å². The van der Waals surface area contributed by atoms with Gasteiger partial charge in [-0.2, -0.15) is 0 Å². The van der Waals surface area contributed by atoms with E-state index >= 15 is 0 Å². The van der Waals surface area contributed by atoms with Crippen LogP contribution in [-0.2, 0) is 4.79 Å². The number of unbranched alkanes of at least 4 members (excludes halogenated alkanes) is 1. The van der Waals surface area contributed by atoms with Crippen LogP contribution in [-0.4, -0.2) is 60.0 Å². The van der Waals surface area contributed by atoms with Gasteiger partial charge in [0.1, 0.15) is 0 Å². The lowest BCUT2D eigenvalue weighted by atomic mass is 9.96. The summed E-state index contributed by atoms with van der Waals surface area (Å²) < 4.78 is 0. The van der Waals surface area contributed by atoms with Crippen LogP contribution >= 0.6 is 0 Å². The molecule has 1 fully saturated rings. The minimum atomic E-state index is -0.0490. The quantitative estimate of drug-likeness (QED) is 0.346. The maximum atomic E-state index is 12.0. The lowest BCUT2D eigenvalue weighted by Gasteiger charge is -2.39. The third-order valence-corrected chi connectivity index (χ3v) is 6.56. The number of pyridine rings is 1. The lowest BCUT2D eigenvalue weighted by Crippen LogP contribution is -2.48. The van der Waals surface area contributed by atoms with Crippen LogP contribution in [0.4, 0.5) is 0 Å². The number of aromatic nitrogens is 1. The maximum absolute atomic E-state index is 12.0. The summed E-state index contributed by atoms with van der Waals surface area (Å²) in [5, 5.41) is 2.99. The second kappa shape index (κ2) is 13.0. The van der Waals surface area contributed by atoms with Crippen molar-refractivity contribution in [2.24, 2.45) is 0 Å². The summed E-state index contributed by atoms with van der Waals surface area (Å²) >= 11 is 0. The topological polar surface area (TPSA) is 48.5 Å². The van der Waals surface area contributed by atoms with E-state index in [1.807, 2.05) is 19.1 Å². The van der Waals surface area contributed by atoms with E-state index in [-0.39, 0.29) is 5.91 Å². The van der Waals surface area contributed by atoms with Crippen LogP contribution < -0.4 is 5.32 Å². The van der Waals surface area contributed by atoms with Crippen LogP contribution in [0, 0.1) is 6.92 Å². The minimum absolute atomic E-state index is 0.0490. The van der Waals surface area contributed by atoms with Gasteiger partial charge in [-0.15, -0.1) is 0 Å². The number of amides is 1. The van der Waals surface area contributed by atoms with Crippen molar-refractivity contribution < 1.29 is 4.79 Å². The first-order valence-corrected chi connectivity index (χ1v) is 12.6. The van der Waals surface area contributed by atoms with E-state index in [0.29, 0.717) is 12.6 Å². The zero-order valence-corrected chi connectivity index (χ0v) is 20.6. The Labute approximate surface area is 209 Å². The number of carbonyl (C=O) groups excluding carboxylic acids is 1. The van der Waals surface area contributed by atoms with Gasteiger partial charge >= 0.3 is 0 Å². The number of nitrogens with one attached hydrogen (secondary N) is 1.